The van der Waals surface area contributed by atoms with Gasteiger partial charge < -0.3 is 9.84 Å². The standard InChI is InChI=1S/C16H18O2/c1-18-15-9-7-14(8-10-15)16(11-12-17)13-5-3-2-4-6-13/h2-10,16-17H,11-12H2,1H3. The van der Waals surface area contributed by atoms with Crippen molar-refractivity contribution in [1.82, 2.24) is 0 Å². The van der Waals surface area contributed by atoms with Gasteiger partial charge in [0.05, 0.1) is 7.11 Å². The van der Waals surface area contributed by atoms with Crippen molar-refractivity contribution in [3.63, 3.8) is 0 Å². The van der Waals surface area contributed by atoms with Crippen molar-refractivity contribution in [2.75, 3.05) is 13.7 Å². The van der Waals surface area contributed by atoms with Crippen molar-refractivity contribution in [2.45, 2.75) is 12.3 Å². The Hall–Kier alpha value is -1.80. The number of hydrogen-bond donors (Lipinski definition) is 1. The molecular weight excluding hydrogens is 224 g/mol. The van der Waals surface area contributed by atoms with Gasteiger partial charge in [0.15, 0.2) is 0 Å². The molecule has 94 valence electrons. The Kier molecular flexibility index (Phi) is 4.37. The first-order chi connectivity index (χ1) is 8.85. The zero-order valence-electron chi connectivity index (χ0n) is 10.5. The fraction of sp³-hybridized carbons (Fsp3) is 0.250. The van der Waals surface area contributed by atoms with Crippen LogP contribution in [-0.4, -0.2) is 18.8 Å². The monoisotopic (exact) mass is 242 g/mol. The lowest BCUT2D eigenvalue weighted by atomic mass is 9.89. The lowest BCUT2D eigenvalue weighted by molar-refractivity contribution is 0.281. The summed E-state index contributed by atoms with van der Waals surface area (Å²) in [5, 5.41) is 9.24. The maximum atomic E-state index is 9.24. The van der Waals surface area contributed by atoms with Crippen LogP contribution in [0.25, 0.3) is 0 Å². The van der Waals surface area contributed by atoms with E-state index in [1.54, 1.807) is 7.11 Å². The summed E-state index contributed by atoms with van der Waals surface area (Å²) in [4.78, 5) is 0. The van der Waals surface area contributed by atoms with E-state index in [-0.39, 0.29) is 12.5 Å². The minimum Gasteiger partial charge on any atom is -0.497 e. The molecule has 0 amide bonds. The van der Waals surface area contributed by atoms with Crippen LogP contribution in [0.1, 0.15) is 23.5 Å². The van der Waals surface area contributed by atoms with Gasteiger partial charge in [0.25, 0.3) is 0 Å². The SMILES string of the molecule is COc1ccc(C(CCO)c2ccccc2)cc1. The van der Waals surface area contributed by atoms with Crippen molar-refractivity contribution in [3.8, 4) is 5.75 Å². The first kappa shape index (κ1) is 12.7. The topological polar surface area (TPSA) is 29.5 Å². The molecule has 0 bridgehead atoms. The van der Waals surface area contributed by atoms with Gasteiger partial charge in [-0.3, -0.25) is 0 Å². The van der Waals surface area contributed by atoms with Gasteiger partial charge in [-0.1, -0.05) is 42.5 Å². The number of rotatable bonds is 5. The smallest absolute Gasteiger partial charge is 0.118 e. The van der Waals surface area contributed by atoms with Crippen molar-refractivity contribution < 1.29 is 9.84 Å². The number of ether oxygens (including phenoxy) is 1. The summed E-state index contributed by atoms with van der Waals surface area (Å²) in [6.07, 6.45) is 0.732. The average Bonchev–Trinajstić information content (AvgIpc) is 2.46. The largest absolute Gasteiger partial charge is 0.497 e. The van der Waals surface area contributed by atoms with Gasteiger partial charge in [0, 0.05) is 12.5 Å². The van der Waals surface area contributed by atoms with Gasteiger partial charge in [0.1, 0.15) is 5.75 Å². The molecule has 0 heterocycles. The Morgan fingerprint density at radius 2 is 1.56 bits per heavy atom. The highest BCUT2D eigenvalue weighted by Crippen LogP contribution is 2.28. The number of aliphatic hydroxyl groups is 1. The normalized spacial score (nSPS) is 12.1. The van der Waals surface area contributed by atoms with Gasteiger partial charge in [-0.05, 0) is 29.7 Å². The Balaban J connectivity index is 2.29. The number of benzene rings is 2. The third kappa shape index (κ3) is 2.90. The van der Waals surface area contributed by atoms with Crippen LogP contribution in [0.15, 0.2) is 54.6 Å². The van der Waals surface area contributed by atoms with Crippen LogP contribution in [0.4, 0.5) is 0 Å². The first-order valence-electron chi connectivity index (χ1n) is 6.15. The maximum Gasteiger partial charge on any atom is 0.118 e. The van der Waals surface area contributed by atoms with E-state index in [4.69, 9.17) is 4.74 Å². The van der Waals surface area contributed by atoms with Crippen molar-refractivity contribution in [3.05, 3.63) is 65.7 Å². The van der Waals surface area contributed by atoms with Crippen LogP contribution in [0.5, 0.6) is 5.75 Å². The van der Waals surface area contributed by atoms with Crippen LogP contribution < -0.4 is 4.74 Å². The van der Waals surface area contributed by atoms with E-state index in [1.165, 1.54) is 11.1 Å². The molecule has 0 radical (unpaired) electrons. The number of methoxy groups -OCH3 is 1. The van der Waals surface area contributed by atoms with Crippen molar-refractivity contribution in [2.24, 2.45) is 0 Å². The van der Waals surface area contributed by atoms with Crippen LogP contribution >= 0.6 is 0 Å². The van der Waals surface area contributed by atoms with Gasteiger partial charge in [-0.25, -0.2) is 0 Å². The molecule has 1 unspecified atom stereocenters. The summed E-state index contributed by atoms with van der Waals surface area (Å²) in [5.41, 5.74) is 2.44. The summed E-state index contributed by atoms with van der Waals surface area (Å²) in [6, 6.07) is 18.3. The molecule has 0 aliphatic rings. The van der Waals surface area contributed by atoms with E-state index < -0.39 is 0 Å². The van der Waals surface area contributed by atoms with E-state index in [0.717, 1.165) is 12.2 Å². The Bertz CT molecular complexity index is 462. The van der Waals surface area contributed by atoms with E-state index in [1.807, 2.05) is 30.3 Å². The number of hydrogen-bond acceptors (Lipinski definition) is 2. The predicted octanol–water partition coefficient (Wildman–Crippen LogP) is 3.21. The fourth-order valence-corrected chi connectivity index (χ4v) is 2.18. The molecule has 0 fully saturated rings. The Morgan fingerprint density at radius 1 is 0.944 bits per heavy atom. The number of aliphatic hydroxyl groups excluding tert-OH is 1. The maximum absolute atomic E-state index is 9.24. The minimum atomic E-state index is 0.186. The summed E-state index contributed by atoms with van der Waals surface area (Å²) in [6.45, 7) is 0.186. The highest BCUT2D eigenvalue weighted by atomic mass is 16.5. The second-order valence-corrected chi connectivity index (χ2v) is 4.25. The van der Waals surface area contributed by atoms with Crippen LogP contribution in [0.2, 0.25) is 0 Å². The Morgan fingerprint density at radius 3 is 2.11 bits per heavy atom. The second kappa shape index (κ2) is 6.22. The first-order valence-corrected chi connectivity index (χ1v) is 6.15. The molecule has 2 heteroatoms. The van der Waals surface area contributed by atoms with Crippen molar-refractivity contribution in [1.29, 1.82) is 0 Å². The second-order valence-electron chi connectivity index (χ2n) is 4.25. The quantitative estimate of drug-likeness (QED) is 0.872. The van der Waals surface area contributed by atoms with E-state index in [9.17, 15) is 5.11 Å². The van der Waals surface area contributed by atoms with Gasteiger partial charge in [-0.2, -0.15) is 0 Å². The molecule has 1 atom stereocenters. The van der Waals surface area contributed by atoms with Gasteiger partial charge in [-0.15, -0.1) is 0 Å². The summed E-state index contributed by atoms with van der Waals surface area (Å²) >= 11 is 0. The highest BCUT2D eigenvalue weighted by molar-refractivity contribution is 5.35. The molecule has 0 saturated carbocycles. The Labute approximate surface area is 108 Å². The molecule has 1 N–H and O–H groups in total. The van der Waals surface area contributed by atoms with Gasteiger partial charge in [0.2, 0.25) is 0 Å². The molecule has 0 spiro atoms. The predicted molar refractivity (Wildman–Crippen MR) is 73.0 cm³/mol. The zero-order chi connectivity index (χ0) is 12.8. The average molecular weight is 242 g/mol. The molecule has 2 nitrogen and oxygen atoms in total. The van der Waals surface area contributed by atoms with Crippen LogP contribution in [-0.2, 0) is 0 Å². The molecule has 0 aliphatic heterocycles. The summed E-state index contributed by atoms with van der Waals surface area (Å²) in [5.74, 6) is 1.09. The third-order valence-electron chi connectivity index (χ3n) is 3.14. The minimum absolute atomic E-state index is 0.186. The van der Waals surface area contributed by atoms with E-state index in [2.05, 4.69) is 24.3 Å². The summed E-state index contributed by atoms with van der Waals surface area (Å²) in [7, 11) is 1.66. The molecule has 0 aliphatic carbocycles. The molecule has 0 aromatic heterocycles. The van der Waals surface area contributed by atoms with Crippen LogP contribution in [0, 0.1) is 0 Å². The third-order valence-corrected chi connectivity index (χ3v) is 3.14. The molecule has 2 aromatic carbocycles. The molecule has 2 rings (SSSR count). The van der Waals surface area contributed by atoms with Crippen molar-refractivity contribution >= 4 is 0 Å². The molecule has 0 saturated heterocycles. The highest BCUT2D eigenvalue weighted by Gasteiger charge is 2.13. The van der Waals surface area contributed by atoms with E-state index in [0.29, 0.717) is 0 Å². The zero-order valence-corrected chi connectivity index (χ0v) is 10.5. The lowest BCUT2D eigenvalue weighted by Gasteiger charge is -2.17. The molecule has 2 aromatic rings. The van der Waals surface area contributed by atoms with Gasteiger partial charge >= 0.3 is 0 Å². The molecular formula is C16H18O2. The fourth-order valence-electron chi connectivity index (χ4n) is 2.18. The van der Waals surface area contributed by atoms with Crippen LogP contribution in [0.3, 0.4) is 0 Å². The molecule has 18 heavy (non-hydrogen) atoms. The lowest BCUT2D eigenvalue weighted by Crippen LogP contribution is -2.03. The summed E-state index contributed by atoms with van der Waals surface area (Å²) < 4.78 is 5.17. The van der Waals surface area contributed by atoms with E-state index >= 15 is 0 Å².